The first kappa shape index (κ1) is 8.14. The van der Waals surface area contributed by atoms with Gasteiger partial charge in [0.2, 0.25) is 0 Å². The smallest absolute Gasteiger partial charge is 0.00891 e. The lowest BCUT2D eigenvalue weighted by molar-refractivity contribution is 0.789. The van der Waals surface area contributed by atoms with Crippen LogP contribution in [0.25, 0.3) is 0 Å². The molecule has 0 heteroatoms. The van der Waals surface area contributed by atoms with Gasteiger partial charge in [-0.05, 0) is 25.7 Å². The zero-order chi connectivity index (χ0) is 7.94. The lowest BCUT2D eigenvalue weighted by Gasteiger charge is -2.06. The number of rotatable bonds is 3. The summed E-state index contributed by atoms with van der Waals surface area (Å²) in [7, 11) is 0. The van der Waals surface area contributed by atoms with E-state index in [1.165, 1.54) is 19.3 Å². The lowest BCUT2D eigenvalue weighted by atomic mass is 10.00. The van der Waals surface area contributed by atoms with E-state index in [0.717, 1.165) is 12.8 Å². The van der Waals surface area contributed by atoms with Crippen LogP contribution in [0.15, 0.2) is 23.8 Å². The van der Waals surface area contributed by atoms with Gasteiger partial charge in [0.1, 0.15) is 0 Å². The fourth-order valence-corrected chi connectivity index (χ4v) is 1.28. The van der Waals surface area contributed by atoms with E-state index in [1.807, 2.05) is 0 Å². The highest BCUT2D eigenvalue weighted by Gasteiger charge is 1.97. The van der Waals surface area contributed by atoms with Gasteiger partial charge in [-0.2, -0.15) is 0 Å². The van der Waals surface area contributed by atoms with Crippen LogP contribution in [-0.2, 0) is 0 Å². The minimum absolute atomic E-state index is 0.918. The summed E-state index contributed by atoms with van der Waals surface area (Å²) in [4.78, 5) is 0. The van der Waals surface area contributed by atoms with Gasteiger partial charge in [-0.25, -0.2) is 0 Å². The molecule has 0 saturated heterocycles. The van der Waals surface area contributed by atoms with Gasteiger partial charge in [-0.15, -0.1) is 12.3 Å². The van der Waals surface area contributed by atoms with Crippen molar-refractivity contribution in [1.29, 1.82) is 0 Å². The highest BCUT2D eigenvalue weighted by molar-refractivity contribution is 5.17. The largest absolute Gasteiger partial charge is 0.120 e. The van der Waals surface area contributed by atoms with Gasteiger partial charge in [0.15, 0.2) is 0 Å². The molecule has 0 atom stereocenters. The van der Waals surface area contributed by atoms with Crippen molar-refractivity contribution in [2.45, 2.75) is 32.1 Å². The quantitative estimate of drug-likeness (QED) is 0.424. The molecule has 1 aliphatic carbocycles. The number of allylic oxidation sites excluding steroid dienone is 4. The van der Waals surface area contributed by atoms with Crippen molar-refractivity contribution >= 4 is 0 Å². The molecule has 11 heavy (non-hydrogen) atoms. The lowest BCUT2D eigenvalue weighted by Crippen LogP contribution is -1.87. The average Bonchev–Trinajstić information content (AvgIpc) is 2.07. The molecule has 1 rings (SSSR count). The molecule has 0 unspecified atom stereocenters. The molecule has 0 aliphatic heterocycles. The first-order chi connectivity index (χ1) is 5.43. The van der Waals surface area contributed by atoms with E-state index in [2.05, 4.69) is 24.1 Å². The first-order valence-electron chi connectivity index (χ1n) is 4.21. The number of hydrogen-bond acceptors (Lipinski definition) is 0. The zero-order valence-corrected chi connectivity index (χ0v) is 6.84. The van der Waals surface area contributed by atoms with Crippen molar-refractivity contribution in [1.82, 2.24) is 0 Å². The van der Waals surface area contributed by atoms with Crippen LogP contribution in [0.5, 0.6) is 0 Å². The summed E-state index contributed by atoms with van der Waals surface area (Å²) in [6.07, 6.45) is 17.4. The second-order valence-electron chi connectivity index (χ2n) is 2.85. The van der Waals surface area contributed by atoms with E-state index < -0.39 is 0 Å². The molecule has 0 bridgehead atoms. The standard InChI is InChI=1S/C11H14/c1-2-3-5-8-11-9-6-4-7-10-11/h1,4,6,9H,3,5,7-8,10H2. The van der Waals surface area contributed by atoms with Crippen molar-refractivity contribution in [2.75, 3.05) is 0 Å². The summed E-state index contributed by atoms with van der Waals surface area (Å²) < 4.78 is 0. The van der Waals surface area contributed by atoms with Crippen molar-refractivity contribution in [2.24, 2.45) is 0 Å². The van der Waals surface area contributed by atoms with Gasteiger partial charge < -0.3 is 0 Å². The van der Waals surface area contributed by atoms with Crippen molar-refractivity contribution in [3.05, 3.63) is 23.8 Å². The number of hydrogen-bond donors (Lipinski definition) is 0. The van der Waals surface area contributed by atoms with Crippen molar-refractivity contribution in [3.8, 4) is 12.3 Å². The summed E-state index contributed by atoms with van der Waals surface area (Å²) in [5.41, 5.74) is 1.56. The maximum atomic E-state index is 5.16. The SMILES string of the molecule is C#CCCCC1=CC=CCC1. The van der Waals surface area contributed by atoms with Crippen LogP contribution in [0.1, 0.15) is 32.1 Å². The van der Waals surface area contributed by atoms with Gasteiger partial charge in [0.25, 0.3) is 0 Å². The van der Waals surface area contributed by atoms with E-state index in [9.17, 15) is 0 Å². The van der Waals surface area contributed by atoms with Crippen LogP contribution in [0.3, 0.4) is 0 Å². The Morgan fingerprint density at radius 2 is 2.45 bits per heavy atom. The van der Waals surface area contributed by atoms with E-state index >= 15 is 0 Å². The Bertz CT molecular complexity index is 201. The molecule has 1 aliphatic rings. The highest BCUT2D eigenvalue weighted by Crippen LogP contribution is 2.17. The molecule has 0 radical (unpaired) electrons. The third-order valence-corrected chi connectivity index (χ3v) is 1.92. The Hall–Kier alpha value is -0.960. The van der Waals surface area contributed by atoms with Crippen LogP contribution < -0.4 is 0 Å². The number of terminal acetylenes is 1. The molecule has 0 aromatic rings. The van der Waals surface area contributed by atoms with Crippen LogP contribution >= 0.6 is 0 Å². The highest BCUT2D eigenvalue weighted by atomic mass is 14.0. The fraction of sp³-hybridized carbons (Fsp3) is 0.455. The molecule has 0 amide bonds. The molecule has 58 valence electrons. The normalized spacial score (nSPS) is 15.7. The minimum atomic E-state index is 0.918. The number of unbranched alkanes of at least 4 members (excludes halogenated alkanes) is 1. The molecule has 0 spiro atoms. The average molecular weight is 146 g/mol. The molecule has 0 aromatic carbocycles. The second-order valence-corrected chi connectivity index (χ2v) is 2.85. The third kappa shape index (κ3) is 3.09. The van der Waals surface area contributed by atoms with E-state index in [1.54, 1.807) is 5.57 Å². The van der Waals surface area contributed by atoms with Gasteiger partial charge >= 0.3 is 0 Å². The summed E-state index contributed by atoms with van der Waals surface area (Å²) in [6, 6.07) is 0. The van der Waals surface area contributed by atoms with Gasteiger partial charge in [0.05, 0.1) is 0 Å². The Labute approximate surface area is 69.0 Å². The Morgan fingerprint density at radius 1 is 1.55 bits per heavy atom. The van der Waals surface area contributed by atoms with Gasteiger partial charge in [0, 0.05) is 6.42 Å². The summed E-state index contributed by atoms with van der Waals surface area (Å²) in [5.74, 6) is 2.66. The predicted octanol–water partition coefficient (Wildman–Crippen LogP) is 3.07. The summed E-state index contributed by atoms with van der Waals surface area (Å²) in [5, 5.41) is 0. The molecule has 0 heterocycles. The Kier molecular flexibility index (Phi) is 3.55. The maximum Gasteiger partial charge on any atom is 0.00891 e. The molecule has 0 fully saturated rings. The predicted molar refractivity (Wildman–Crippen MR) is 49.1 cm³/mol. The zero-order valence-electron chi connectivity index (χ0n) is 6.84. The Balaban J connectivity index is 2.21. The van der Waals surface area contributed by atoms with Crippen LogP contribution in [0.4, 0.5) is 0 Å². The monoisotopic (exact) mass is 146 g/mol. The van der Waals surface area contributed by atoms with Crippen LogP contribution in [-0.4, -0.2) is 0 Å². The molecule has 0 aromatic heterocycles. The van der Waals surface area contributed by atoms with Crippen molar-refractivity contribution in [3.63, 3.8) is 0 Å². The Morgan fingerprint density at radius 3 is 3.09 bits per heavy atom. The van der Waals surface area contributed by atoms with Crippen LogP contribution in [0, 0.1) is 12.3 Å². The topological polar surface area (TPSA) is 0 Å². The fourth-order valence-electron chi connectivity index (χ4n) is 1.28. The molecule has 0 N–H and O–H groups in total. The third-order valence-electron chi connectivity index (χ3n) is 1.92. The first-order valence-corrected chi connectivity index (χ1v) is 4.21. The maximum absolute atomic E-state index is 5.16. The summed E-state index contributed by atoms with van der Waals surface area (Å²) in [6.45, 7) is 0. The van der Waals surface area contributed by atoms with Gasteiger partial charge in [-0.3, -0.25) is 0 Å². The van der Waals surface area contributed by atoms with E-state index in [-0.39, 0.29) is 0 Å². The minimum Gasteiger partial charge on any atom is -0.120 e. The van der Waals surface area contributed by atoms with E-state index in [4.69, 9.17) is 6.42 Å². The van der Waals surface area contributed by atoms with Crippen LogP contribution in [0.2, 0.25) is 0 Å². The molecule has 0 saturated carbocycles. The molecular weight excluding hydrogens is 132 g/mol. The van der Waals surface area contributed by atoms with E-state index in [0.29, 0.717) is 0 Å². The van der Waals surface area contributed by atoms with Crippen molar-refractivity contribution < 1.29 is 0 Å². The summed E-state index contributed by atoms with van der Waals surface area (Å²) >= 11 is 0. The molecule has 0 nitrogen and oxygen atoms in total. The van der Waals surface area contributed by atoms with Gasteiger partial charge in [-0.1, -0.05) is 23.8 Å². The molecular formula is C11H14. The second kappa shape index (κ2) is 4.79.